The van der Waals surface area contributed by atoms with Crippen molar-refractivity contribution >= 4 is 35.2 Å². The van der Waals surface area contributed by atoms with Gasteiger partial charge in [0.05, 0.1) is 16.7 Å². The molecule has 114 valence electrons. The van der Waals surface area contributed by atoms with E-state index in [1.807, 2.05) is 49.5 Å². The van der Waals surface area contributed by atoms with E-state index >= 15 is 0 Å². The zero-order valence-electron chi connectivity index (χ0n) is 11.9. The van der Waals surface area contributed by atoms with Crippen LogP contribution in [0.1, 0.15) is 4.88 Å². The Morgan fingerprint density at radius 1 is 1.18 bits per heavy atom. The standard InChI is InChI=1S/C14H14ClN5S2/c1-18(9-12-7-8-13(15)22-12)10-19-14(21)20(17-16-19)11-5-3-2-4-6-11/h2-8H,9-10H2,1H3. The summed E-state index contributed by atoms with van der Waals surface area (Å²) in [4.78, 5) is 3.32. The van der Waals surface area contributed by atoms with Crippen molar-refractivity contribution in [3.63, 3.8) is 0 Å². The predicted molar refractivity (Wildman–Crippen MR) is 91.0 cm³/mol. The Labute approximate surface area is 142 Å². The number of halogens is 1. The third-order valence-corrected chi connectivity index (χ3v) is 4.67. The Hall–Kier alpha value is -1.54. The van der Waals surface area contributed by atoms with Gasteiger partial charge < -0.3 is 0 Å². The van der Waals surface area contributed by atoms with E-state index in [-0.39, 0.29) is 0 Å². The van der Waals surface area contributed by atoms with Gasteiger partial charge in [0.1, 0.15) is 0 Å². The summed E-state index contributed by atoms with van der Waals surface area (Å²) in [5.41, 5.74) is 0.909. The van der Waals surface area contributed by atoms with Gasteiger partial charge in [-0.3, -0.25) is 4.90 Å². The van der Waals surface area contributed by atoms with Gasteiger partial charge in [-0.1, -0.05) is 29.8 Å². The minimum absolute atomic E-state index is 0.571. The van der Waals surface area contributed by atoms with Crippen molar-refractivity contribution < 1.29 is 0 Å². The summed E-state index contributed by atoms with van der Waals surface area (Å²) in [5, 5.41) is 8.27. The number of benzene rings is 1. The third-order valence-electron chi connectivity index (χ3n) is 3.07. The van der Waals surface area contributed by atoms with Crippen LogP contribution in [0.4, 0.5) is 0 Å². The van der Waals surface area contributed by atoms with Gasteiger partial charge in [-0.2, -0.15) is 4.68 Å². The number of hydrogen-bond acceptors (Lipinski definition) is 5. The highest BCUT2D eigenvalue weighted by atomic mass is 35.5. The van der Waals surface area contributed by atoms with E-state index < -0.39 is 0 Å². The smallest absolute Gasteiger partial charge is 0.221 e. The van der Waals surface area contributed by atoms with E-state index in [0.29, 0.717) is 11.4 Å². The van der Waals surface area contributed by atoms with Crippen LogP contribution in [0.5, 0.6) is 0 Å². The molecule has 0 bridgehead atoms. The fourth-order valence-corrected chi connectivity index (χ4v) is 3.48. The van der Waals surface area contributed by atoms with Gasteiger partial charge in [-0.15, -0.1) is 11.3 Å². The molecule has 0 radical (unpaired) electrons. The lowest BCUT2D eigenvalue weighted by Crippen LogP contribution is -2.22. The molecule has 1 aromatic carbocycles. The van der Waals surface area contributed by atoms with Crippen LogP contribution in [0.3, 0.4) is 0 Å². The van der Waals surface area contributed by atoms with Crippen LogP contribution in [-0.4, -0.2) is 31.7 Å². The van der Waals surface area contributed by atoms with Crippen molar-refractivity contribution in [2.75, 3.05) is 7.05 Å². The molecule has 0 aliphatic rings. The largest absolute Gasteiger partial charge is 0.282 e. The summed E-state index contributed by atoms with van der Waals surface area (Å²) in [5.74, 6) is 0. The molecule has 0 aliphatic carbocycles. The Balaban J connectivity index is 1.73. The molecule has 0 aliphatic heterocycles. The van der Waals surface area contributed by atoms with E-state index in [1.54, 1.807) is 20.7 Å². The average Bonchev–Trinajstić information content (AvgIpc) is 3.07. The Morgan fingerprint density at radius 2 is 1.95 bits per heavy atom. The van der Waals surface area contributed by atoms with Crippen LogP contribution in [0.2, 0.25) is 4.34 Å². The summed E-state index contributed by atoms with van der Waals surface area (Å²) in [6.45, 7) is 1.36. The zero-order valence-corrected chi connectivity index (χ0v) is 14.3. The maximum Gasteiger partial charge on any atom is 0.221 e. The zero-order chi connectivity index (χ0) is 15.5. The fourth-order valence-electron chi connectivity index (χ4n) is 2.08. The molecule has 0 saturated heterocycles. The van der Waals surface area contributed by atoms with Crippen molar-refractivity contribution in [2.24, 2.45) is 0 Å². The van der Waals surface area contributed by atoms with Gasteiger partial charge >= 0.3 is 0 Å². The molecule has 2 heterocycles. The number of thiophene rings is 1. The Morgan fingerprint density at radius 3 is 2.64 bits per heavy atom. The lowest BCUT2D eigenvalue weighted by molar-refractivity contribution is 0.244. The summed E-state index contributed by atoms with van der Waals surface area (Å²) in [7, 11) is 2.01. The molecule has 5 nitrogen and oxygen atoms in total. The number of hydrogen-bond donors (Lipinski definition) is 0. The van der Waals surface area contributed by atoms with E-state index in [2.05, 4.69) is 15.3 Å². The number of nitrogens with zero attached hydrogens (tertiary/aromatic N) is 5. The topological polar surface area (TPSA) is 38.9 Å². The van der Waals surface area contributed by atoms with Crippen LogP contribution in [0.25, 0.3) is 5.69 Å². The number of aromatic nitrogens is 4. The van der Waals surface area contributed by atoms with Gasteiger partial charge in [0.2, 0.25) is 4.77 Å². The van der Waals surface area contributed by atoms with Crippen molar-refractivity contribution in [3.05, 3.63) is 56.4 Å². The quantitative estimate of drug-likeness (QED) is 0.658. The number of tetrazole rings is 1. The molecular formula is C14H14ClN5S2. The molecule has 0 unspecified atom stereocenters. The van der Waals surface area contributed by atoms with Gasteiger partial charge in [-0.25, -0.2) is 4.68 Å². The molecule has 3 aromatic rings. The van der Waals surface area contributed by atoms with Crippen LogP contribution in [0.15, 0.2) is 42.5 Å². The monoisotopic (exact) mass is 351 g/mol. The molecular weight excluding hydrogens is 338 g/mol. The normalized spacial score (nSPS) is 11.2. The number of rotatable bonds is 5. The Kier molecular flexibility index (Phi) is 4.68. The second-order valence-electron chi connectivity index (χ2n) is 4.87. The molecule has 0 saturated carbocycles. The van der Waals surface area contributed by atoms with E-state index in [0.717, 1.165) is 16.6 Å². The highest BCUT2D eigenvalue weighted by Gasteiger charge is 2.09. The van der Waals surface area contributed by atoms with Crippen LogP contribution in [0, 0.1) is 4.77 Å². The molecule has 2 aromatic heterocycles. The SMILES string of the molecule is CN(Cc1ccc(Cl)s1)Cn1nnn(-c2ccccc2)c1=S. The molecule has 0 amide bonds. The van der Waals surface area contributed by atoms with Gasteiger partial charge in [0.25, 0.3) is 0 Å². The highest BCUT2D eigenvalue weighted by molar-refractivity contribution is 7.71. The maximum atomic E-state index is 5.95. The maximum absolute atomic E-state index is 5.95. The summed E-state index contributed by atoms with van der Waals surface area (Å²) < 4.78 is 4.74. The van der Waals surface area contributed by atoms with Crippen LogP contribution < -0.4 is 0 Å². The third kappa shape index (κ3) is 3.44. The second kappa shape index (κ2) is 6.70. The van der Waals surface area contributed by atoms with Crippen LogP contribution in [-0.2, 0) is 13.2 Å². The summed E-state index contributed by atoms with van der Waals surface area (Å²) >= 11 is 13.0. The minimum atomic E-state index is 0.571. The first kappa shape index (κ1) is 15.4. The van der Waals surface area contributed by atoms with E-state index in [4.69, 9.17) is 23.8 Å². The summed E-state index contributed by atoms with van der Waals surface area (Å²) in [6.07, 6.45) is 0. The highest BCUT2D eigenvalue weighted by Crippen LogP contribution is 2.22. The lowest BCUT2D eigenvalue weighted by Gasteiger charge is -2.14. The molecule has 8 heteroatoms. The minimum Gasteiger partial charge on any atom is -0.282 e. The first-order valence-electron chi connectivity index (χ1n) is 6.64. The molecule has 22 heavy (non-hydrogen) atoms. The molecule has 0 N–H and O–H groups in total. The first-order valence-corrected chi connectivity index (χ1v) is 8.25. The summed E-state index contributed by atoms with van der Waals surface area (Å²) in [6, 6.07) is 13.7. The van der Waals surface area contributed by atoms with Crippen LogP contribution >= 0.6 is 35.2 Å². The van der Waals surface area contributed by atoms with Gasteiger partial charge in [0, 0.05) is 11.4 Å². The van der Waals surface area contributed by atoms with Crippen molar-refractivity contribution in [1.29, 1.82) is 0 Å². The average molecular weight is 352 g/mol. The van der Waals surface area contributed by atoms with Gasteiger partial charge in [0.15, 0.2) is 0 Å². The fraction of sp³-hybridized carbons (Fsp3) is 0.214. The first-order chi connectivity index (χ1) is 10.6. The lowest BCUT2D eigenvalue weighted by atomic mass is 10.3. The molecule has 0 spiro atoms. The molecule has 3 rings (SSSR count). The molecule has 0 fully saturated rings. The Bertz CT molecular complexity index is 808. The van der Waals surface area contributed by atoms with E-state index in [1.165, 1.54) is 4.88 Å². The number of para-hydroxylation sites is 1. The van der Waals surface area contributed by atoms with Crippen molar-refractivity contribution in [3.8, 4) is 5.69 Å². The van der Waals surface area contributed by atoms with E-state index in [9.17, 15) is 0 Å². The second-order valence-corrected chi connectivity index (χ2v) is 7.03. The van der Waals surface area contributed by atoms with Crippen molar-refractivity contribution in [1.82, 2.24) is 24.7 Å². The van der Waals surface area contributed by atoms with Crippen molar-refractivity contribution in [2.45, 2.75) is 13.2 Å². The predicted octanol–water partition coefficient (Wildman–Crippen LogP) is 3.60. The van der Waals surface area contributed by atoms with Gasteiger partial charge in [-0.05, 0) is 54.0 Å². The molecule has 0 atom stereocenters.